The Balaban J connectivity index is 2.64. The van der Waals surface area contributed by atoms with Gasteiger partial charge in [0.2, 0.25) is 0 Å². The maximum absolute atomic E-state index is 11.9. The Morgan fingerprint density at radius 3 is 2.64 bits per heavy atom. The first-order chi connectivity index (χ1) is 6.59. The van der Waals surface area contributed by atoms with Crippen molar-refractivity contribution >= 4 is 11.4 Å². The molecule has 14 heavy (non-hydrogen) atoms. The summed E-state index contributed by atoms with van der Waals surface area (Å²) in [5.41, 5.74) is 1.71. The van der Waals surface area contributed by atoms with Gasteiger partial charge in [0, 0.05) is 25.5 Å². The molecule has 0 spiro atoms. The number of alkyl halides is 2. The molecular formula is C10H14F2N2. The van der Waals surface area contributed by atoms with Gasteiger partial charge in [-0.3, -0.25) is 0 Å². The van der Waals surface area contributed by atoms with E-state index >= 15 is 0 Å². The van der Waals surface area contributed by atoms with E-state index in [1.54, 1.807) is 6.07 Å². The van der Waals surface area contributed by atoms with Gasteiger partial charge in [-0.2, -0.15) is 0 Å². The van der Waals surface area contributed by atoms with Crippen LogP contribution in [-0.4, -0.2) is 27.1 Å². The van der Waals surface area contributed by atoms with Crippen molar-refractivity contribution in [3.8, 4) is 0 Å². The summed E-state index contributed by atoms with van der Waals surface area (Å²) in [5, 5.41) is 2.66. The molecule has 0 amide bonds. The number of nitrogens with one attached hydrogen (secondary N) is 1. The van der Waals surface area contributed by atoms with Gasteiger partial charge in [-0.15, -0.1) is 0 Å². The summed E-state index contributed by atoms with van der Waals surface area (Å²) < 4.78 is 23.8. The topological polar surface area (TPSA) is 15.3 Å². The molecule has 0 saturated carbocycles. The molecule has 0 saturated heterocycles. The van der Waals surface area contributed by atoms with Crippen LogP contribution in [0, 0.1) is 0 Å². The lowest BCUT2D eigenvalue weighted by Gasteiger charge is -2.14. The van der Waals surface area contributed by atoms with Gasteiger partial charge < -0.3 is 10.2 Å². The van der Waals surface area contributed by atoms with Crippen molar-refractivity contribution in [2.45, 2.75) is 6.43 Å². The summed E-state index contributed by atoms with van der Waals surface area (Å²) in [7, 11) is 3.82. The number of anilines is 2. The Labute approximate surface area is 82.5 Å². The molecule has 1 aromatic carbocycles. The van der Waals surface area contributed by atoms with E-state index in [9.17, 15) is 8.78 Å². The van der Waals surface area contributed by atoms with Crippen molar-refractivity contribution in [2.24, 2.45) is 0 Å². The minimum atomic E-state index is -2.32. The highest BCUT2D eigenvalue weighted by molar-refractivity contribution is 5.57. The maximum atomic E-state index is 11.9. The summed E-state index contributed by atoms with van der Waals surface area (Å²) in [6.45, 7) is -0.309. The standard InChI is InChI=1S/C10H14F2N2/c1-14(2)9-5-3-4-8(6-9)13-7-10(11)12/h3-6,10,13H,7H2,1-2H3. The number of hydrogen-bond acceptors (Lipinski definition) is 2. The van der Waals surface area contributed by atoms with Gasteiger partial charge in [0.15, 0.2) is 0 Å². The highest BCUT2D eigenvalue weighted by Gasteiger charge is 2.02. The second kappa shape index (κ2) is 4.79. The van der Waals surface area contributed by atoms with Crippen molar-refractivity contribution in [3.63, 3.8) is 0 Å². The fourth-order valence-electron chi connectivity index (χ4n) is 1.09. The fourth-order valence-corrected chi connectivity index (χ4v) is 1.09. The second-order valence-electron chi connectivity index (χ2n) is 3.22. The van der Waals surface area contributed by atoms with Crippen LogP contribution in [0.15, 0.2) is 24.3 Å². The van der Waals surface area contributed by atoms with E-state index in [2.05, 4.69) is 5.32 Å². The highest BCUT2D eigenvalue weighted by atomic mass is 19.3. The minimum absolute atomic E-state index is 0.309. The van der Waals surface area contributed by atoms with Crippen LogP contribution in [0.4, 0.5) is 20.2 Å². The van der Waals surface area contributed by atoms with Gasteiger partial charge in [-0.05, 0) is 18.2 Å². The van der Waals surface area contributed by atoms with Crippen LogP contribution < -0.4 is 10.2 Å². The smallest absolute Gasteiger partial charge is 0.255 e. The van der Waals surface area contributed by atoms with Crippen molar-refractivity contribution < 1.29 is 8.78 Å². The molecule has 0 aromatic heterocycles. The average molecular weight is 200 g/mol. The molecule has 0 aliphatic rings. The number of halogens is 2. The fraction of sp³-hybridized carbons (Fsp3) is 0.400. The zero-order valence-electron chi connectivity index (χ0n) is 8.30. The van der Waals surface area contributed by atoms with Crippen LogP contribution in [0.1, 0.15) is 0 Å². The average Bonchev–Trinajstić information content (AvgIpc) is 2.15. The third kappa shape index (κ3) is 3.20. The molecule has 0 unspecified atom stereocenters. The van der Waals surface area contributed by atoms with Crippen LogP contribution in [0.25, 0.3) is 0 Å². The number of rotatable bonds is 4. The Hall–Kier alpha value is -1.32. The van der Waals surface area contributed by atoms with Gasteiger partial charge in [-0.25, -0.2) is 8.78 Å². The van der Waals surface area contributed by atoms with Crippen LogP contribution in [0.2, 0.25) is 0 Å². The zero-order chi connectivity index (χ0) is 10.6. The molecular weight excluding hydrogens is 186 g/mol. The highest BCUT2D eigenvalue weighted by Crippen LogP contribution is 2.17. The predicted octanol–water partition coefficient (Wildman–Crippen LogP) is 2.43. The molecule has 4 heteroatoms. The molecule has 2 nitrogen and oxygen atoms in total. The Kier molecular flexibility index (Phi) is 3.68. The first-order valence-electron chi connectivity index (χ1n) is 4.39. The van der Waals surface area contributed by atoms with Crippen LogP contribution in [0.5, 0.6) is 0 Å². The van der Waals surface area contributed by atoms with E-state index in [4.69, 9.17) is 0 Å². The van der Waals surface area contributed by atoms with Crippen molar-refractivity contribution in [1.82, 2.24) is 0 Å². The van der Waals surface area contributed by atoms with E-state index in [1.807, 2.05) is 37.2 Å². The van der Waals surface area contributed by atoms with Gasteiger partial charge in [-0.1, -0.05) is 6.07 Å². The SMILES string of the molecule is CN(C)c1cccc(NCC(F)F)c1. The van der Waals surface area contributed by atoms with E-state index in [-0.39, 0.29) is 6.54 Å². The minimum Gasteiger partial charge on any atom is -0.379 e. The Morgan fingerprint density at radius 2 is 2.07 bits per heavy atom. The number of hydrogen-bond donors (Lipinski definition) is 1. The molecule has 1 N–H and O–H groups in total. The van der Waals surface area contributed by atoms with Gasteiger partial charge >= 0.3 is 0 Å². The summed E-state index contributed by atoms with van der Waals surface area (Å²) in [6, 6.07) is 7.37. The quantitative estimate of drug-likeness (QED) is 0.803. The predicted molar refractivity (Wildman–Crippen MR) is 55.3 cm³/mol. The third-order valence-electron chi connectivity index (χ3n) is 1.82. The summed E-state index contributed by atoms with van der Waals surface area (Å²) in [4.78, 5) is 1.92. The first-order valence-corrected chi connectivity index (χ1v) is 4.39. The zero-order valence-corrected chi connectivity index (χ0v) is 8.30. The molecule has 0 bridgehead atoms. The first kappa shape index (κ1) is 10.8. The molecule has 0 aliphatic carbocycles. The molecule has 0 fully saturated rings. The normalized spacial score (nSPS) is 10.4. The molecule has 0 radical (unpaired) electrons. The van der Waals surface area contributed by atoms with Crippen LogP contribution in [0.3, 0.4) is 0 Å². The van der Waals surface area contributed by atoms with Crippen LogP contribution in [-0.2, 0) is 0 Å². The largest absolute Gasteiger partial charge is 0.379 e. The van der Waals surface area contributed by atoms with Crippen molar-refractivity contribution in [2.75, 3.05) is 30.9 Å². The Morgan fingerprint density at radius 1 is 1.36 bits per heavy atom. The monoisotopic (exact) mass is 200 g/mol. The summed E-state index contributed by atoms with van der Waals surface area (Å²) >= 11 is 0. The molecule has 0 aliphatic heterocycles. The van der Waals surface area contributed by atoms with Crippen molar-refractivity contribution in [1.29, 1.82) is 0 Å². The van der Waals surface area contributed by atoms with Gasteiger partial charge in [0.1, 0.15) is 0 Å². The molecule has 78 valence electrons. The molecule has 0 heterocycles. The van der Waals surface area contributed by atoms with E-state index in [1.165, 1.54) is 0 Å². The summed E-state index contributed by atoms with van der Waals surface area (Å²) in [6.07, 6.45) is -2.32. The Bertz CT molecular complexity index is 287. The second-order valence-corrected chi connectivity index (χ2v) is 3.22. The van der Waals surface area contributed by atoms with E-state index in [0.717, 1.165) is 11.4 Å². The van der Waals surface area contributed by atoms with Gasteiger partial charge in [0.05, 0.1) is 6.54 Å². The van der Waals surface area contributed by atoms with Gasteiger partial charge in [0.25, 0.3) is 6.43 Å². The number of benzene rings is 1. The summed E-state index contributed by atoms with van der Waals surface area (Å²) in [5.74, 6) is 0. The molecule has 1 aromatic rings. The van der Waals surface area contributed by atoms with E-state index in [0.29, 0.717) is 0 Å². The number of nitrogens with zero attached hydrogens (tertiary/aromatic N) is 1. The lowest BCUT2D eigenvalue weighted by molar-refractivity contribution is 0.163. The third-order valence-corrected chi connectivity index (χ3v) is 1.82. The lowest BCUT2D eigenvalue weighted by Crippen LogP contribution is -2.12. The molecule has 1 rings (SSSR count). The van der Waals surface area contributed by atoms with E-state index < -0.39 is 6.43 Å². The van der Waals surface area contributed by atoms with Crippen molar-refractivity contribution in [3.05, 3.63) is 24.3 Å². The maximum Gasteiger partial charge on any atom is 0.255 e. The molecule has 0 atom stereocenters. The lowest BCUT2D eigenvalue weighted by atomic mass is 10.2. The van der Waals surface area contributed by atoms with Crippen LogP contribution >= 0.6 is 0 Å².